The Kier molecular flexibility index (Phi) is 8.79. The molecule has 0 saturated carbocycles. The van der Waals surface area contributed by atoms with Crippen LogP contribution in [0, 0.1) is 0 Å². The van der Waals surface area contributed by atoms with Crippen molar-refractivity contribution in [3.63, 3.8) is 0 Å². The van der Waals surface area contributed by atoms with E-state index in [4.69, 9.17) is 24.3 Å². The normalized spacial score (nSPS) is 14.7. The van der Waals surface area contributed by atoms with E-state index < -0.39 is 12.0 Å². The number of para-hydroxylation sites is 1. The minimum atomic E-state index is -0.736. The lowest BCUT2D eigenvalue weighted by Gasteiger charge is -2.25. The van der Waals surface area contributed by atoms with Crippen LogP contribution in [0.5, 0.6) is 11.5 Å². The Morgan fingerprint density at radius 3 is 2.41 bits per heavy atom. The summed E-state index contributed by atoms with van der Waals surface area (Å²) in [5.41, 5.74) is 4.41. The van der Waals surface area contributed by atoms with Gasteiger partial charge in [-0.2, -0.15) is 5.10 Å². The van der Waals surface area contributed by atoms with Crippen LogP contribution in [0.15, 0.2) is 105 Å². The Balaban J connectivity index is 1.55. The number of carbonyl (C=O) groups excluding carboxylic acids is 1. The molecule has 0 amide bonds. The molecule has 9 nitrogen and oxygen atoms in total. The van der Waals surface area contributed by atoms with Crippen molar-refractivity contribution in [3.8, 4) is 28.4 Å². The van der Waals surface area contributed by atoms with Gasteiger partial charge in [0.2, 0.25) is 0 Å². The second-order valence-corrected chi connectivity index (χ2v) is 12.7. The summed E-state index contributed by atoms with van der Waals surface area (Å²) in [6, 6.07) is 22.1. The number of rotatable bonds is 8. The molecule has 0 fully saturated rings. The Labute approximate surface area is 277 Å². The molecule has 0 aliphatic carbocycles. The summed E-state index contributed by atoms with van der Waals surface area (Å²) < 4.78 is 21.0. The number of allylic oxidation sites excluding steroid dienone is 1. The molecule has 6 rings (SSSR count). The van der Waals surface area contributed by atoms with Gasteiger partial charge in [0.15, 0.2) is 4.80 Å². The maximum absolute atomic E-state index is 14.3. The zero-order valence-electron chi connectivity index (χ0n) is 25.9. The summed E-state index contributed by atoms with van der Waals surface area (Å²) >= 11 is 4.85. The second-order valence-electron chi connectivity index (χ2n) is 10.9. The van der Waals surface area contributed by atoms with E-state index in [0.29, 0.717) is 37.8 Å². The third-order valence-electron chi connectivity index (χ3n) is 7.49. The van der Waals surface area contributed by atoms with Crippen LogP contribution >= 0.6 is 27.3 Å². The van der Waals surface area contributed by atoms with Gasteiger partial charge in [0, 0.05) is 17.3 Å². The summed E-state index contributed by atoms with van der Waals surface area (Å²) in [6.45, 7) is 5.36. The van der Waals surface area contributed by atoms with Gasteiger partial charge in [0.1, 0.15) is 17.2 Å². The van der Waals surface area contributed by atoms with Gasteiger partial charge in [0.25, 0.3) is 5.56 Å². The average Bonchev–Trinajstić information content (AvgIpc) is 3.61. The standard InChI is InChI=1S/C35H31BrN4O5S/c1-20(2)45-34(42)30-21(3)37-35-40(32(30)22-11-14-26(43-4)15-12-22)33(41)29(46-35)18-24-19-39(25-9-7-6-8-10-25)38-31(24)23-13-16-28(44-5)27(36)17-23/h6-20,32H,1-5H3/b29-18+. The molecule has 1 aliphatic rings. The third kappa shape index (κ3) is 5.95. The molecule has 1 aliphatic heterocycles. The highest BCUT2D eigenvalue weighted by Gasteiger charge is 2.34. The van der Waals surface area contributed by atoms with Gasteiger partial charge in [0.05, 0.1) is 52.3 Å². The van der Waals surface area contributed by atoms with Gasteiger partial charge in [-0.25, -0.2) is 14.5 Å². The molecule has 234 valence electrons. The van der Waals surface area contributed by atoms with E-state index in [1.54, 1.807) is 44.2 Å². The van der Waals surface area contributed by atoms with Gasteiger partial charge in [-0.05, 0) is 90.8 Å². The summed E-state index contributed by atoms with van der Waals surface area (Å²) in [7, 11) is 3.20. The van der Waals surface area contributed by atoms with Crippen LogP contribution in [0.3, 0.4) is 0 Å². The molecule has 3 heterocycles. The molecule has 11 heteroatoms. The van der Waals surface area contributed by atoms with E-state index in [1.165, 1.54) is 11.3 Å². The fraction of sp³-hybridized carbons (Fsp3) is 0.200. The number of benzene rings is 3. The molecule has 2 aromatic heterocycles. The van der Waals surface area contributed by atoms with Gasteiger partial charge in [-0.1, -0.05) is 41.7 Å². The van der Waals surface area contributed by atoms with Crippen LogP contribution in [0.2, 0.25) is 0 Å². The fourth-order valence-electron chi connectivity index (χ4n) is 5.35. The molecule has 3 aromatic carbocycles. The minimum absolute atomic E-state index is 0.277. The topological polar surface area (TPSA) is 96.9 Å². The SMILES string of the molecule is COc1ccc(C2C(C(=O)OC(C)C)=C(C)N=c3s/c(=C/c4cn(-c5ccccc5)nc4-c4ccc(OC)c(Br)c4)c(=O)n32)cc1. The smallest absolute Gasteiger partial charge is 0.338 e. The van der Waals surface area contributed by atoms with Gasteiger partial charge < -0.3 is 14.2 Å². The number of methoxy groups -OCH3 is 2. The zero-order valence-corrected chi connectivity index (χ0v) is 28.3. The first-order valence-corrected chi connectivity index (χ1v) is 16.2. The third-order valence-corrected chi connectivity index (χ3v) is 9.09. The van der Waals surface area contributed by atoms with E-state index in [-0.39, 0.29) is 11.7 Å². The minimum Gasteiger partial charge on any atom is -0.497 e. The lowest BCUT2D eigenvalue weighted by atomic mass is 9.96. The van der Waals surface area contributed by atoms with Crippen molar-refractivity contribution in [2.24, 2.45) is 4.99 Å². The van der Waals surface area contributed by atoms with Crippen molar-refractivity contribution >= 4 is 39.3 Å². The van der Waals surface area contributed by atoms with Gasteiger partial charge >= 0.3 is 5.97 Å². The van der Waals surface area contributed by atoms with E-state index >= 15 is 0 Å². The summed E-state index contributed by atoms with van der Waals surface area (Å²) in [6.07, 6.45) is 3.39. The van der Waals surface area contributed by atoms with Crippen molar-refractivity contribution < 1.29 is 19.0 Å². The lowest BCUT2D eigenvalue weighted by Crippen LogP contribution is -2.40. The van der Waals surface area contributed by atoms with Gasteiger partial charge in [-0.15, -0.1) is 0 Å². The van der Waals surface area contributed by atoms with Crippen LogP contribution < -0.4 is 24.4 Å². The zero-order chi connectivity index (χ0) is 32.5. The molecule has 1 unspecified atom stereocenters. The average molecular weight is 700 g/mol. The highest BCUT2D eigenvalue weighted by atomic mass is 79.9. The summed E-state index contributed by atoms with van der Waals surface area (Å²) in [5, 5.41) is 4.92. The number of esters is 1. The summed E-state index contributed by atoms with van der Waals surface area (Å²) in [4.78, 5) is 33.0. The van der Waals surface area contributed by atoms with Crippen molar-refractivity contribution in [2.45, 2.75) is 32.9 Å². The van der Waals surface area contributed by atoms with Crippen LogP contribution in [-0.4, -0.2) is 40.6 Å². The Bertz CT molecular complexity index is 2150. The van der Waals surface area contributed by atoms with E-state index in [9.17, 15) is 9.59 Å². The second kappa shape index (κ2) is 12.9. The number of ether oxygens (including phenoxy) is 3. The van der Waals surface area contributed by atoms with Crippen LogP contribution in [-0.2, 0) is 9.53 Å². The van der Waals surface area contributed by atoms with Crippen LogP contribution in [0.25, 0.3) is 23.0 Å². The number of fused-ring (bicyclic) bond motifs is 1. The highest BCUT2D eigenvalue weighted by molar-refractivity contribution is 9.10. The number of carbonyl (C=O) groups is 1. The van der Waals surface area contributed by atoms with Crippen molar-refractivity contribution in [1.82, 2.24) is 14.3 Å². The van der Waals surface area contributed by atoms with Crippen LogP contribution in [0.4, 0.5) is 0 Å². The van der Waals surface area contributed by atoms with E-state index in [2.05, 4.69) is 15.9 Å². The number of hydrogen-bond donors (Lipinski definition) is 0. The molecular formula is C35H31BrN4O5S. The molecule has 46 heavy (non-hydrogen) atoms. The maximum Gasteiger partial charge on any atom is 0.338 e. The van der Waals surface area contributed by atoms with Crippen LogP contribution in [0.1, 0.15) is 37.9 Å². The quantitative estimate of drug-likeness (QED) is 0.190. The number of hydrogen-bond acceptors (Lipinski definition) is 8. The number of nitrogens with zero attached hydrogens (tertiary/aromatic N) is 4. The largest absolute Gasteiger partial charge is 0.497 e. The molecule has 0 bridgehead atoms. The fourth-order valence-corrected chi connectivity index (χ4v) is 6.93. The van der Waals surface area contributed by atoms with Crippen molar-refractivity contribution in [2.75, 3.05) is 14.2 Å². The maximum atomic E-state index is 14.3. The van der Waals surface area contributed by atoms with Crippen molar-refractivity contribution in [3.05, 3.63) is 126 Å². The molecule has 5 aromatic rings. The Morgan fingerprint density at radius 1 is 1.02 bits per heavy atom. The van der Waals surface area contributed by atoms with Crippen molar-refractivity contribution in [1.29, 1.82) is 0 Å². The first-order chi connectivity index (χ1) is 22.2. The first-order valence-electron chi connectivity index (χ1n) is 14.5. The Morgan fingerprint density at radius 2 is 1.76 bits per heavy atom. The molecular weight excluding hydrogens is 668 g/mol. The monoisotopic (exact) mass is 698 g/mol. The molecule has 0 N–H and O–H groups in total. The predicted octanol–water partition coefficient (Wildman–Crippen LogP) is 5.82. The van der Waals surface area contributed by atoms with E-state index in [1.807, 2.05) is 85.1 Å². The first kappa shape index (κ1) is 31.3. The van der Waals surface area contributed by atoms with E-state index in [0.717, 1.165) is 26.9 Å². The van der Waals surface area contributed by atoms with Gasteiger partial charge in [-0.3, -0.25) is 9.36 Å². The molecule has 0 spiro atoms. The highest BCUT2D eigenvalue weighted by Crippen LogP contribution is 2.33. The molecule has 1 atom stereocenters. The number of halogens is 1. The summed E-state index contributed by atoms with van der Waals surface area (Å²) in [5.74, 6) is 0.848. The number of aromatic nitrogens is 3. The molecule has 0 saturated heterocycles. The Hall–Kier alpha value is -4.74. The number of thiazole rings is 1. The lowest BCUT2D eigenvalue weighted by molar-refractivity contribution is -0.143. The predicted molar refractivity (Wildman–Crippen MR) is 181 cm³/mol. The molecule has 0 radical (unpaired) electrons.